The van der Waals surface area contributed by atoms with Crippen molar-refractivity contribution in [3.63, 3.8) is 0 Å². The molecule has 0 saturated carbocycles. The molecule has 0 spiro atoms. The summed E-state index contributed by atoms with van der Waals surface area (Å²) in [4.78, 5) is 0. The van der Waals surface area contributed by atoms with Crippen LogP contribution in [0.5, 0.6) is 5.75 Å². The Hall–Kier alpha value is -1.96. The molecule has 2 nitrogen and oxygen atoms in total. The number of para-hydroxylation sites is 1. The maximum absolute atomic E-state index is 5.35. The summed E-state index contributed by atoms with van der Waals surface area (Å²) in [6, 6.07) is 14.1. The Balaban J connectivity index is 2.30. The Labute approximate surface area is 88.5 Å². The fourth-order valence-electron chi connectivity index (χ4n) is 1.97. The van der Waals surface area contributed by atoms with Crippen molar-refractivity contribution in [1.82, 2.24) is 5.32 Å². The zero-order valence-corrected chi connectivity index (χ0v) is 8.40. The molecule has 2 aromatic rings. The molecule has 15 heavy (non-hydrogen) atoms. The van der Waals surface area contributed by atoms with E-state index in [1.165, 1.54) is 0 Å². The molecule has 0 saturated heterocycles. The topological polar surface area (TPSA) is 23.3 Å². The van der Waals surface area contributed by atoms with Crippen LogP contribution >= 0.6 is 0 Å². The first-order chi connectivity index (χ1) is 7.40. The number of nitrogens with zero attached hydrogens (tertiary/aromatic N) is 1. The lowest BCUT2D eigenvalue weighted by molar-refractivity contribution is 0.416. The standard InChI is InChI=1S/C13H10NO/c1-15-12-8-4-7-11-13(12)9-5-2-3-6-10(9)14-11/h2-8H,1H3. The minimum Gasteiger partial charge on any atom is -0.496 e. The molecule has 1 aliphatic heterocycles. The normalized spacial score (nSPS) is 11.5. The van der Waals surface area contributed by atoms with E-state index in [2.05, 4.69) is 11.4 Å². The van der Waals surface area contributed by atoms with E-state index in [4.69, 9.17) is 4.74 Å². The summed E-state index contributed by atoms with van der Waals surface area (Å²) in [7, 11) is 1.69. The van der Waals surface area contributed by atoms with Crippen molar-refractivity contribution in [2.24, 2.45) is 0 Å². The smallest absolute Gasteiger partial charge is 0.128 e. The number of fused-ring (bicyclic) bond motifs is 3. The summed E-state index contributed by atoms with van der Waals surface area (Å²) in [6.45, 7) is 0. The molecule has 0 unspecified atom stereocenters. The third-order valence-corrected chi connectivity index (χ3v) is 2.64. The van der Waals surface area contributed by atoms with Crippen LogP contribution in [0.3, 0.4) is 0 Å². The van der Waals surface area contributed by atoms with Gasteiger partial charge in [0.15, 0.2) is 0 Å². The maximum atomic E-state index is 5.35. The third-order valence-electron chi connectivity index (χ3n) is 2.64. The highest BCUT2D eigenvalue weighted by Gasteiger charge is 2.22. The van der Waals surface area contributed by atoms with E-state index in [0.717, 1.165) is 28.3 Å². The lowest BCUT2D eigenvalue weighted by Gasteiger charge is -2.05. The lowest BCUT2D eigenvalue weighted by atomic mass is 10.1. The average molecular weight is 196 g/mol. The number of benzene rings is 2. The largest absolute Gasteiger partial charge is 0.496 e. The second-order valence-electron chi connectivity index (χ2n) is 3.48. The summed E-state index contributed by atoms with van der Waals surface area (Å²) in [5.74, 6) is 0.890. The monoisotopic (exact) mass is 196 g/mol. The van der Waals surface area contributed by atoms with Crippen molar-refractivity contribution >= 4 is 11.4 Å². The molecule has 0 fully saturated rings. The molecule has 0 aliphatic carbocycles. The molecule has 0 amide bonds. The predicted molar refractivity (Wildman–Crippen MR) is 59.9 cm³/mol. The first-order valence-corrected chi connectivity index (χ1v) is 4.88. The quantitative estimate of drug-likeness (QED) is 0.586. The van der Waals surface area contributed by atoms with Gasteiger partial charge in [0.05, 0.1) is 24.0 Å². The number of ether oxygens (including phenoxy) is 1. The van der Waals surface area contributed by atoms with Gasteiger partial charge in [-0.25, -0.2) is 5.32 Å². The summed E-state index contributed by atoms with van der Waals surface area (Å²) in [5, 5.41) is 4.54. The Morgan fingerprint density at radius 1 is 0.933 bits per heavy atom. The van der Waals surface area contributed by atoms with Crippen LogP contribution in [0.2, 0.25) is 0 Å². The zero-order valence-electron chi connectivity index (χ0n) is 8.40. The molecular formula is C13H10NO. The summed E-state index contributed by atoms with van der Waals surface area (Å²) < 4.78 is 5.35. The number of rotatable bonds is 1. The van der Waals surface area contributed by atoms with E-state index >= 15 is 0 Å². The number of hydrogen-bond acceptors (Lipinski definition) is 1. The fraction of sp³-hybridized carbons (Fsp3) is 0.0769. The summed E-state index contributed by atoms with van der Waals surface area (Å²) >= 11 is 0. The van der Waals surface area contributed by atoms with Gasteiger partial charge in [0.1, 0.15) is 5.75 Å². The predicted octanol–water partition coefficient (Wildman–Crippen LogP) is 3.24. The molecule has 0 atom stereocenters. The van der Waals surface area contributed by atoms with Gasteiger partial charge in [-0.2, -0.15) is 0 Å². The van der Waals surface area contributed by atoms with Crippen molar-refractivity contribution in [3.8, 4) is 16.9 Å². The molecule has 3 rings (SSSR count). The SMILES string of the molecule is COc1cccc2c1-c1ccccc1[N]2. The van der Waals surface area contributed by atoms with Crippen LogP contribution < -0.4 is 10.1 Å². The lowest BCUT2D eigenvalue weighted by Crippen LogP contribution is -1.86. The zero-order chi connectivity index (χ0) is 10.3. The van der Waals surface area contributed by atoms with Crippen molar-refractivity contribution in [1.29, 1.82) is 0 Å². The third kappa shape index (κ3) is 1.11. The molecule has 73 valence electrons. The molecule has 1 heterocycles. The summed E-state index contributed by atoms with van der Waals surface area (Å²) in [5.41, 5.74) is 4.29. The van der Waals surface area contributed by atoms with Gasteiger partial charge in [-0.3, -0.25) is 0 Å². The van der Waals surface area contributed by atoms with Gasteiger partial charge in [-0.15, -0.1) is 0 Å². The molecule has 0 bridgehead atoms. The maximum Gasteiger partial charge on any atom is 0.128 e. The molecule has 1 aliphatic rings. The van der Waals surface area contributed by atoms with Gasteiger partial charge in [0, 0.05) is 5.56 Å². The van der Waals surface area contributed by atoms with Gasteiger partial charge in [0.2, 0.25) is 0 Å². The molecule has 2 heteroatoms. The van der Waals surface area contributed by atoms with Crippen LogP contribution in [-0.4, -0.2) is 7.11 Å². The van der Waals surface area contributed by atoms with Crippen LogP contribution in [0.1, 0.15) is 0 Å². The van der Waals surface area contributed by atoms with Gasteiger partial charge >= 0.3 is 0 Å². The van der Waals surface area contributed by atoms with Gasteiger partial charge < -0.3 is 4.74 Å². The first-order valence-electron chi connectivity index (χ1n) is 4.88. The number of hydrogen-bond donors (Lipinski definition) is 0. The minimum atomic E-state index is 0.890. The Morgan fingerprint density at radius 2 is 1.73 bits per heavy atom. The molecular weight excluding hydrogens is 186 g/mol. The summed E-state index contributed by atoms with van der Waals surface area (Å²) in [6.07, 6.45) is 0. The Kier molecular flexibility index (Phi) is 1.68. The second kappa shape index (κ2) is 3.02. The average Bonchev–Trinajstić information content (AvgIpc) is 2.67. The van der Waals surface area contributed by atoms with Crippen LogP contribution in [-0.2, 0) is 0 Å². The number of methoxy groups -OCH3 is 1. The fourth-order valence-corrected chi connectivity index (χ4v) is 1.97. The molecule has 2 aromatic carbocycles. The minimum absolute atomic E-state index is 0.890. The van der Waals surface area contributed by atoms with Gasteiger partial charge in [-0.05, 0) is 18.2 Å². The highest BCUT2D eigenvalue weighted by atomic mass is 16.5. The van der Waals surface area contributed by atoms with E-state index in [1.54, 1.807) is 7.11 Å². The Bertz CT molecular complexity index is 520. The molecule has 0 aromatic heterocycles. The van der Waals surface area contributed by atoms with E-state index in [1.807, 2.05) is 36.4 Å². The van der Waals surface area contributed by atoms with Crippen LogP contribution in [0.4, 0.5) is 11.4 Å². The van der Waals surface area contributed by atoms with Crippen molar-refractivity contribution in [3.05, 3.63) is 42.5 Å². The van der Waals surface area contributed by atoms with Crippen molar-refractivity contribution < 1.29 is 4.74 Å². The highest BCUT2D eigenvalue weighted by molar-refractivity contribution is 5.93. The van der Waals surface area contributed by atoms with E-state index in [0.29, 0.717) is 0 Å². The molecule has 0 N–H and O–H groups in total. The van der Waals surface area contributed by atoms with E-state index < -0.39 is 0 Å². The Morgan fingerprint density at radius 3 is 2.60 bits per heavy atom. The van der Waals surface area contributed by atoms with Crippen molar-refractivity contribution in [2.75, 3.05) is 7.11 Å². The molecule has 1 radical (unpaired) electrons. The second-order valence-corrected chi connectivity index (χ2v) is 3.48. The van der Waals surface area contributed by atoms with Gasteiger partial charge in [0.25, 0.3) is 0 Å². The van der Waals surface area contributed by atoms with Crippen LogP contribution in [0.15, 0.2) is 42.5 Å². The van der Waals surface area contributed by atoms with Gasteiger partial charge in [-0.1, -0.05) is 24.3 Å². The highest BCUT2D eigenvalue weighted by Crippen LogP contribution is 2.47. The van der Waals surface area contributed by atoms with E-state index in [9.17, 15) is 0 Å². The van der Waals surface area contributed by atoms with Crippen LogP contribution in [0, 0.1) is 0 Å². The van der Waals surface area contributed by atoms with E-state index in [-0.39, 0.29) is 0 Å². The first kappa shape index (κ1) is 8.36. The van der Waals surface area contributed by atoms with Crippen molar-refractivity contribution in [2.45, 2.75) is 0 Å². The van der Waals surface area contributed by atoms with Crippen LogP contribution in [0.25, 0.3) is 11.1 Å².